The van der Waals surface area contributed by atoms with Crippen molar-refractivity contribution in [2.45, 2.75) is 51.1 Å². The van der Waals surface area contributed by atoms with E-state index in [1.165, 1.54) is 30.6 Å². The fraction of sp³-hybridized carbons (Fsp3) is 0.591. The molecule has 0 aromatic heterocycles. The quantitative estimate of drug-likeness (QED) is 0.713. The first kappa shape index (κ1) is 19.5. The van der Waals surface area contributed by atoms with Crippen molar-refractivity contribution in [1.82, 2.24) is 10.2 Å². The Morgan fingerprint density at radius 2 is 1.86 bits per heavy atom. The van der Waals surface area contributed by atoms with E-state index >= 15 is 0 Å². The molecule has 2 fully saturated rings. The van der Waals surface area contributed by atoms with Crippen molar-refractivity contribution in [3.05, 3.63) is 35.4 Å². The molecule has 0 unspecified atom stereocenters. The van der Waals surface area contributed by atoms with Crippen molar-refractivity contribution < 1.29 is 14.4 Å². The predicted octanol–water partition coefficient (Wildman–Crippen LogP) is 3.35. The molecule has 3 aliphatic rings. The molecule has 28 heavy (non-hydrogen) atoms. The van der Waals surface area contributed by atoms with Crippen LogP contribution in [0.25, 0.3) is 0 Å². The lowest BCUT2D eigenvalue weighted by Crippen LogP contribution is -2.53. The van der Waals surface area contributed by atoms with Crippen LogP contribution in [-0.2, 0) is 4.79 Å². The Morgan fingerprint density at radius 1 is 1.18 bits per heavy atom. The van der Waals surface area contributed by atoms with Crippen LogP contribution in [0.2, 0.25) is 0 Å². The number of carbonyl (C=O) groups is 3. The molecule has 6 heteroatoms. The van der Waals surface area contributed by atoms with Crippen LogP contribution in [0.15, 0.2) is 24.3 Å². The third-order valence-corrected chi connectivity index (χ3v) is 7.48. The molecule has 1 aromatic rings. The van der Waals surface area contributed by atoms with Crippen LogP contribution in [0.1, 0.15) is 59.7 Å². The highest BCUT2D eigenvalue weighted by atomic mass is 32.2. The molecule has 1 N–H and O–H groups in total. The second kappa shape index (κ2) is 7.90. The molecule has 0 saturated heterocycles. The van der Waals surface area contributed by atoms with E-state index in [0.29, 0.717) is 35.1 Å². The van der Waals surface area contributed by atoms with Gasteiger partial charge in [-0.3, -0.25) is 19.3 Å². The summed E-state index contributed by atoms with van der Waals surface area (Å²) >= 11 is 1.62. The van der Waals surface area contributed by atoms with Gasteiger partial charge in [0.25, 0.3) is 11.8 Å². The molecule has 0 spiro atoms. The second-order valence-electron chi connectivity index (χ2n) is 8.46. The molecule has 5 atom stereocenters. The molecule has 2 bridgehead atoms. The highest BCUT2D eigenvalue weighted by molar-refractivity contribution is 7.98. The number of imide groups is 1. The number of rotatable bonds is 7. The zero-order chi connectivity index (χ0) is 19.8. The summed E-state index contributed by atoms with van der Waals surface area (Å²) in [5, 5.41) is 3.17. The first-order valence-electron chi connectivity index (χ1n) is 10.3. The summed E-state index contributed by atoms with van der Waals surface area (Å²) in [5.41, 5.74) is 0.797. The summed E-state index contributed by atoms with van der Waals surface area (Å²) in [5.74, 6) is 1.87. The van der Waals surface area contributed by atoms with Crippen LogP contribution >= 0.6 is 11.8 Å². The van der Waals surface area contributed by atoms with Crippen molar-refractivity contribution in [2.75, 3.05) is 12.0 Å². The van der Waals surface area contributed by atoms with Gasteiger partial charge < -0.3 is 5.32 Å². The van der Waals surface area contributed by atoms with Crippen LogP contribution in [0.4, 0.5) is 0 Å². The molecule has 3 amide bonds. The van der Waals surface area contributed by atoms with Gasteiger partial charge in [-0.2, -0.15) is 11.8 Å². The largest absolute Gasteiger partial charge is 0.352 e. The summed E-state index contributed by atoms with van der Waals surface area (Å²) in [6.45, 7) is 2.08. The average Bonchev–Trinajstić information content (AvgIpc) is 3.39. The van der Waals surface area contributed by atoms with E-state index in [2.05, 4.69) is 12.2 Å². The Bertz CT molecular complexity index is 761. The standard InChI is InChI=1S/C22H28N2O3S/c1-13(18-12-14-7-8-15(18)11-14)23-20(25)19(9-10-28-2)24-21(26)16-5-3-4-6-17(16)22(24)27/h3-6,13-15,18-19H,7-12H2,1-2H3,(H,23,25)/t13-,14-,15-,18-,19+/m0/s1. The van der Waals surface area contributed by atoms with E-state index in [9.17, 15) is 14.4 Å². The Morgan fingerprint density at radius 3 is 2.39 bits per heavy atom. The van der Waals surface area contributed by atoms with Crippen molar-refractivity contribution in [3.63, 3.8) is 0 Å². The smallest absolute Gasteiger partial charge is 0.262 e. The van der Waals surface area contributed by atoms with Crippen LogP contribution in [0.5, 0.6) is 0 Å². The Hall–Kier alpha value is -1.82. The van der Waals surface area contributed by atoms with E-state index in [1.807, 2.05) is 6.26 Å². The number of carbonyl (C=O) groups excluding carboxylic acids is 3. The first-order valence-corrected chi connectivity index (χ1v) is 11.7. The topological polar surface area (TPSA) is 66.5 Å². The zero-order valence-corrected chi connectivity index (χ0v) is 17.3. The number of amides is 3. The van der Waals surface area contributed by atoms with Gasteiger partial charge in [0.15, 0.2) is 0 Å². The van der Waals surface area contributed by atoms with E-state index in [-0.39, 0.29) is 23.8 Å². The average molecular weight is 401 g/mol. The number of hydrogen-bond donors (Lipinski definition) is 1. The van der Waals surface area contributed by atoms with E-state index in [4.69, 9.17) is 0 Å². The molecule has 4 rings (SSSR count). The lowest BCUT2D eigenvalue weighted by Gasteiger charge is -2.31. The van der Waals surface area contributed by atoms with Gasteiger partial charge in [-0.1, -0.05) is 18.6 Å². The molecule has 5 nitrogen and oxygen atoms in total. The summed E-state index contributed by atoms with van der Waals surface area (Å²) in [6, 6.07) is 6.16. The number of nitrogens with one attached hydrogen (secondary N) is 1. The van der Waals surface area contributed by atoms with Crippen LogP contribution < -0.4 is 5.32 Å². The third-order valence-electron chi connectivity index (χ3n) is 6.84. The molecule has 0 radical (unpaired) electrons. The third kappa shape index (κ3) is 3.36. The van der Waals surface area contributed by atoms with Crippen molar-refractivity contribution in [1.29, 1.82) is 0 Å². The molecule has 2 saturated carbocycles. The van der Waals surface area contributed by atoms with Gasteiger partial charge in [0, 0.05) is 6.04 Å². The highest BCUT2D eigenvalue weighted by Crippen LogP contribution is 2.49. The van der Waals surface area contributed by atoms with Crippen molar-refractivity contribution in [2.24, 2.45) is 17.8 Å². The van der Waals surface area contributed by atoms with Crippen LogP contribution in [0.3, 0.4) is 0 Å². The minimum atomic E-state index is -0.749. The van der Waals surface area contributed by atoms with Gasteiger partial charge in [0.05, 0.1) is 11.1 Å². The molecule has 1 heterocycles. The lowest BCUT2D eigenvalue weighted by atomic mass is 9.84. The van der Waals surface area contributed by atoms with Crippen molar-refractivity contribution in [3.8, 4) is 0 Å². The highest BCUT2D eigenvalue weighted by Gasteiger charge is 2.45. The fourth-order valence-corrected chi connectivity index (χ4v) is 5.89. The van der Waals surface area contributed by atoms with Gasteiger partial charge in [0.2, 0.25) is 5.91 Å². The summed E-state index contributed by atoms with van der Waals surface area (Å²) in [7, 11) is 0. The SMILES string of the molecule is CSCC[C@H](C(=O)N[C@@H](C)[C@@H]1C[C@H]2CC[C@H]1C2)N1C(=O)c2ccccc2C1=O. The lowest BCUT2D eigenvalue weighted by molar-refractivity contribution is -0.126. The van der Waals surface area contributed by atoms with Gasteiger partial charge in [-0.25, -0.2) is 0 Å². The molecule has 1 aliphatic heterocycles. The van der Waals surface area contributed by atoms with Gasteiger partial charge in [0.1, 0.15) is 6.04 Å². The summed E-state index contributed by atoms with van der Waals surface area (Å²) in [6.07, 6.45) is 7.52. The van der Waals surface area contributed by atoms with Gasteiger partial charge in [-0.05, 0) is 74.5 Å². The normalized spacial score (nSPS) is 27.8. The maximum atomic E-state index is 13.2. The molecule has 2 aliphatic carbocycles. The summed E-state index contributed by atoms with van der Waals surface area (Å²) in [4.78, 5) is 40.1. The van der Waals surface area contributed by atoms with E-state index < -0.39 is 6.04 Å². The van der Waals surface area contributed by atoms with Gasteiger partial charge >= 0.3 is 0 Å². The first-order chi connectivity index (χ1) is 13.5. The minimum absolute atomic E-state index is 0.0785. The monoisotopic (exact) mass is 400 g/mol. The Kier molecular flexibility index (Phi) is 5.50. The van der Waals surface area contributed by atoms with Crippen LogP contribution in [-0.4, -0.2) is 46.7 Å². The molecule has 1 aromatic carbocycles. The number of thioether (sulfide) groups is 1. The number of nitrogens with zero attached hydrogens (tertiary/aromatic N) is 1. The number of hydrogen-bond acceptors (Lipinski definition) is 4. The zero-order valence-electron chi connectivity index (χ0n) is 16.5. The van der Waals surface area contributed by atoms with E-state index in [1.54, 1.807) is 36.0 Å². The fourth-order valence-electron chi connectivity index (χ4n) is 5.43. The molecular weight excluding hydrogens is 372 g/mol. The maximum absolute atomic E-state index is 13.2. The van der Waals surface area contributed by atoms with Crippen LogP contribution in [0, 0.1) is 17.8 Å². The van der Waals surface area contributed by atoms with E-state index in [0.717, 1.165) is 5.92 Å². The minimum Gasteiger partial charge on any atom is -0.352 e. The van der Waals surface area contributed by atoms with Gasteiger partial charge in [-0.15, -0.1) is 0 Å². The molecular formula is C22H28N2O3S. The number of fused-ring (bicyclic) bond motifs is 3. The second-order valence-corrected chi connectivity index (χ2v) is 9.44. The number of benzene rings is 1. The maximum Gasteiger partial charge on any atom is 0.262 e. The predicted molar refractivity (Wildman–Crippen MR) is 110 cm³/mol. The van der Waals surface area contributed by atoms with Crippen molar-refractivity contribution >= 4 is 29.5 Å². The Balaban J connectivity index is 1.50. The Labute approximate surface area is 170 Å². The summed E-state index contributed by atoms with van der Waals surface area (Å²) < 4.78 is 0. The molecule has 150 valence electrons.